The Bertz CT molecular complexity index is 894. The first-order valence-corrected chi connectivity index (χ1v) is 8.75. The van der Waals surface area contributed by atoms with Crippen LogP contribution in [0.15, 0.2) is 53.1 Å². The molecule has 7 nitrogen and oxygen atoms in total. The zero-order chi connectivity index (χ0) is 19.2. The quantitative estimate of drug-likeness (QED) is 0.648. The van der Waals surface area contributed by atoms with E-state index in [9.17, 15) is 4.79 Å². The molecule has 140 valence electrons. The van der Waals surface area contributed by atoms with E-state index < -0.39 is 0 Å². The van der Waals surface area contributed by atoms with Gasteiger partial charge in [-0.25, -0.2) is 0 Å². The Morgan fingerprint density at radius 2 is 1.89 bits per heavy atom. The van der Waals surface area contributed by atoms with Crippen LogP contribution in [-0.4, -0.2) is 36.8 Å². The number of amides is 1. The van der Waals surface area contributed by atoms with Gasteiger partial charge >= 0.3 is 0 Å². The Morgan fingerprint density at radius 3 is 2.56 bits per heavy atom. The van der Waals surface area contributed by atoms with E-state index in [1.807, 2.05) is 19.2 Å². The van der Waals surface area contributed by atoms with Crippen LogP contribution in [-0.2, 0) is 11.3 Å². The zero-order valence-corrected chi connectivity index (χ0v) is 15.8. The van der Waals surface area contributed by atoms with Gasteiger partial charge in [-0.15, -0.1) is 0 Å². The highest BCUT2D eigenvalue weighted by Crippen LogP contribution is 2.18. The standard InChI is InChI=1S/C19H19ClN4O3/c1-24(11-17(25)21-15-7-9-16(26-2)10-8-15)12-18-22-19(23-27-18)13-3-5-14(20)6-4-13/h3-10H,11-12H2,1-2H3,(H,21,25)/p+1. The molecule has 0 bridgehead atoms. The number of benzene rings is 2. The molecule has 1 atom stereocenters. The van der Waals surface area contributed by atoms with Crippen LogP contribution in [0.1, 0.15) is 5.89 Å². The number of carbonyl (C=O) groups excluding carboxylic acids is 1. The second-order valence-corrected chi connectivity index (χ2v) is 6.54. The van der Waals surface area contributed by atoms with Gasteiger partial charge < -0.3 is 19.5 Å². The Hall–Kier alpha value is -2.90. The average Bonchev–Trinajstić information content (AvgIpc) is 3.11. The van der Waals surface area contributed by atoms with E-state index in [4.69, 9.17) is 20.9 Å². The average molecular weight is 388 g/mol. The molecule has 1 aromatic heterocycles. The lowest BCUT2D eigenvalue weighted by Crippen LogP contribution is -3.08. The Kier molecular flexibility index (Phi) is 6.05. The Balaban J connectivity index is 1.53. The van der Waals surface area contributed by atoms with Crippen molar-refractivity contribution in [3.05, 3.63) is 59.4 Å². The molecule has 1 unspecified atom stereocenters. The summed E-state index contributed by atoms with van der Waals surface area (Å²) in [5, 5.41) is 7.48. The molecule has 3 rings (SSSR count). The van der Waals surface area contributed by atoms with Crippen LogP contribution < -0.4 is 15.0 Å². The third-order valence-electron chi connectivity index (χ3n) is 3.86. The molecule has 0 aliphatic rings. The van der Waals surface area contributed by atoms with Crippen molar-refractivity contribution in [1.82, 2.24) is 10.1 Å². The number of anilines is 1. The lowest BCUT2D eigenvalue weighted by molar-refractivity contribution is -0.886. The van der Waals surface area contributed by atoms with E-state index in [1.54, 1.807) is 43.5 Å². The van der Waals surface area contributed by atoms with Crippen LogP contribution in [0.4, 0.5) is 5.69 Å². The van der Waals surface area contributed by atoms with Crippen molar-refractivity contribution in [2.75, 3.05) is 26.0 Å². The first-order valence-electron chi connectivity index (χ1n) is 8.37. The topological polar surface area (TPSA) is 81.7 Å². The molecule has 0 saturated heterocycles. The van der Waals surface area contributed by atoms with Crippen molar-refractivity contribution in [3.8, 4) is 17.1 Å². The first kappa shape index (κ1) is 18.9. The van der Waals surface area contributed by atoms with Crippen LogP contribution in [0, 0.1) is 0 Å². The Morgan fingerprint density at radius 1 is 1.19 bits per heavy atom. The number of ether oxygens (including phenoxy) is 1. The number of rotatable bonds is 7. The van der Waals surface area contributed by atoms with Gasteiger partial charge in [-0.3, -0.25) is 4.79 Å². The molecule has 0 radical (unpaired) electrons. The summed E-state index contributed by atoms with van der Waals surface area (Å²) in [6.07, 6.45) is 0. The second kappa shape index (κ2) is 8.66. The highest BCUT2D eigenvalue weighted by atomic mass is 35.5. The van der Waals surface area contributed by atoms with E-state index in [0.717, 1.165) is 21.9 Å². The third-order valence-corrected chi connectivity index (χ3v) is 4.11. The van der Waals surface area contributed by atoms with Crippen molar-refractivity contribution < 1.29 is 19.0 Å². The number of hydrogen-bond acceptors (Lipinski definition) is 5. The maximum atomic E-state index is 12.2. The maximum Gasteiger partial charge on any atom is 0.282 e. The molecule has 1 amide bonds. The van der Waals surface area contributed by atoms with Crippen LogP contribution in [0.3, 0.4) is 0 Å². The molecular formula is C19H20ClN4O3+. The fourth-order valence-electron chi connectivity index (χ4n) is 2.52. The SMILES string of the molecule is COc1ccc(NC(=O)C[NH+](C)Cc2nc(-c3ccc(Cl)cc3)no2)cc1. The lowest BCUT2D eigenvalue weighted by Gasteiger charge is -2.11. The summed E-state index contributed by atoms with van der Waals surface area (Å²) in [6, 6.07) is 14.4. The highest BCUT2D eigenvalue weighted by molar-refractivity contribution is 6.30. The highest BCUT2D eigenvalue weighted by Gasteiger charge is 2.16. The minimum absolute atomic E-state index is 0.102. The minimum atomic E-state index is -0.102. The van der Waals surface area contributed by atoms with Gasteiger partial charge in [0.05, 0.1) is 14.2 Å². The molecule has 0 spiro atoms. The third kappa shape index (κ3) is 5.29. The summed E-state index contributed by atoms with van der Waals surface area (Å²) in [7, 11) is 3.49. The number of methoxy groups -OCH3 is 1. The first-order chi connectivity index (χ1) is 13.0. The van der Waals surface area contributed by atoms with E-state index >= 15 is 0 Å². The van der Waals surface area contributed by atoms with Gasteiger partial charge in [0.25, 0.3) is 11.8 Å². The molecule has 0 fully saturated rings. The number of halogens is 1. The van der Waals surface area contributed by atoms with Gasteiger partial charge in [0.2, 0.25) is 5.82 Å². The van der Waals surface area contributed by atoms with E-state index in [-0.39, 0.29) is 12.5 Å². The van der Waals surface area contributed by atoms with E-state index in [1.165, 1.54) is 0 Å². The van der Waals surface area contributed by atoms with Gasteiger partial charge in [-0.05, 0) is 48.5 Å². The summed E-state index contributed by atoms with van der Waals surface area (Å²) in [5.74, 6) is 1.60. The summed E-state index contributed by atoms with van der Waals surface area (Å²) in [6.45, 7) is 0.710. The van der Waals surface area contributed by atoms with Gasteiger partial charge in [-0.1, -0.05) is 16.8 Å². The molecule has 3 aromatic rings. The summed E-state index contributed by atoms with van der Waals surface area (Å²) in [4.78, 5) is 17.5. The van der Waals surface area contributed by atoms with E-state index in [0.29, 0.717) is 23.3 Å². The number of carbonyl (C=O) groups is 1. The van der Waals surface area contributed by atoms with Gasteiger partial charge in [0, 0.05) is 16.3 Å². The predicted octanol–water partition coefficient (Wildman–Crippen LogP) is 2.05. The number of aromatic nitrogens is 2. The van der Waals surface area contributed by atoms with Crippen molar-refractivity contribution >= 4 is 23.2 Å². The number of nitrogens with one attached hydrogen (secondary N) is 2. The van der Waals surface area contributed by atoms with Gasteiger partial charge in [-0.2, -0.15) is 4.98 Å². The summed E-state index contributed by atoms with van der Waals surface area (Å²) < 4.78 is 10.4. The second-order valence-electron chi connectivity index (χ2n) is 6.11. The molecule has 27 heavy (non-hydrogen) atoms. The minimum Gasteiger partial charge on any atom is -0.497 e. The fraction of sp³-hybridized carbons (Fsp3) is 0.211. The van der Waals surface area contributed by atoms with Crippen LogP contribution in [0.2, 0.25) is 5.02 Å². The molecule has 0 aliphatic heterocycles. The normalized spacial score (nSPS) is 11.8. The van der Waals surface area contributed by atoms with Crippen molar-refractivity contribution in [3.63, 3.8) is 0 Å². The zero-order valence-electron chi connectivity index (χ0n) is 15.0. The largest absolute Gasteiger partial charge is 0.497 e. The number of likely N-dealkylation sites (N-methyl/N-ethyl adjacent to an activating group) is 1. The number of nitrogens with zero attached hydrogens (tertiary/aromatic N) is 2. The molecular weight excluding hydrogens is 368 g/mol. The molecule has 0 saturated carbocycles. The van der Waals surface area contributed by atoms with Crippen molar-refractivity contribution in [2.24, 2.45) is 0 Å². The molecule has 1 heterocycles. The van der Waals surface area contributed by atoms with Gasteiger partial charge in [0.1, 0.15) is 5.75 Å². The van der Waals surface area contributed by atoms with Crippen LogP contribution in [0.5, 0.6) is 5.75 Å². The molecule has 2 aromatic carbocycles. The van der Waals surface area contributed by atoms with Crippen LogP contribution in [0.25, 0.3) is 11.4 Å². The summed E-state index contributed by atoms with van der Waals surface area (Å²) in [5.41, 5.74) is 1.54. The monoisotopic (exact) mass is 387 g/mol. The predicted molar refractivity (Wildman–Crippen MR) is 102 cm³/mol. The Labute approximate surface area is 161 Å². The smallest absolute Gasteiger partial charge is 0.282 e. The number of hydrogen-bond donors (Lipinski definition) is 2. The van der Waals surface area contributed by atoms with Crippen molar-refractivity contribution in [2.45, 2.75) is 6.54 Å². The van der Waals surface area contributed by atoms with Crippen LogP contribution >= 0.6 is 11.6 Å². The maximum absolute atomic E-state index is 12.2. The van der Waals surface area contributed by atoms with E-state index in [2.05, 4.69) is 15.5 Å². The molecule has 8 heteroatoms. The molecule has 0 aliphatic carbocycles. The molecule has 2 N–H and O–H groups in total. The van der Waals surface area contributed by atoms with Gasteiger partial charge in [0.15, 0.2) is 13.1 Å². The lowest BCUT2D eigenvalue weighted by atomic mass is 10.2. The van der Waals surface area contributed by atoms with Crippen molar-refractivity contribution in [1.29, 1.82) is 0 Å². The summed E-state index contributed by atoms with van der Waals surface area (Å²) >= 11 is 5.88. The fourth-order valence-corrected chi connectivity index (χ4v) is 2.64. The number of quaternary nitrogens is 1.